The number of esters is 2. The lowest BCUT2D eigenvalue weighted by Gasteiger charge is -2.42. The van der Waals surface area contributed by atoms with Crippen molar-refractivity contribution in [3.8, 4) is 0 Å². The molecule has 7 N–H and O–H groups in total. The minimum absolute atomic E-state index is 0.149. The minimum atomic E-state index is -1.76. The van der Waals surface area contributed by atoms with Crippen LogP contribution in [-0.4, -0.2) is 142 Å². The average molecular weight is 749 g/mol. The van der Waals surface area contributed by atoms with Crippen molar-refractivity contribution in [1.82, 2.24) is 0 Å². The maximum absolute atomic E-state index is 12.7. The summed E-state index contributed by atoms with van der Waals surface area (Å²) in [4.78, 5) is 25.0. The van der Waals surface area contributed by atoms with Crippen LogP contribution in [0.25, 0.3) is 0 Å². The predicted molar refractivity (Wildman–Crippen MR) is 187 cm³/mol. The molecule has 2 saturated heterocycles. The quantitative estimate of drug-likeness (QED) is 0.0379. The Labute approximate surface area is 307 Å². The topological polar surface area (TPSA) is 231 Å². The Hall–Kier alpha value is -2.02. The number of carbonyl (C=O) groups excluding carboxylic acids is 2. The van der Waals surface area contributed by atoms with Crippen LogP contribution in [0.3, 0.4) is 0 Å². The molecule has 2 fully saturated rings. The second-order valence-electron chi connectivity index (χ2n) is 13.4. The fraction of sp³-hybridized carbons (Fsp3) is 0.838. The Balaban J connectivity index is 1.87. The molecule has 0 aromatic carbocycles. The number of hydrogen-bond donors (Lipinski definition) is 7. The Morgan fingerprint density at radius 2 is 1.19 bits per heavy atom. The van der Waals surface area contributed by atoms with Gasteiger partial charge in [-0.05, 0) is 38.5 Å². The predicted octanol–water partition coefficient (Wildman–Crippen LogP) is 1.70. The number of hydrogen-bond acceptors (Lipinski definition) is 15. The van der Waals surface area contributed by atoms with Crippen molar-refractivity contribution in [2.75, 3.05) is 26.4 Å². The number of aliphatic hydroxyl groups excluding tert-OH is 7. The van der Waals surface area contributed by atoms with Crippen molar-refractivity contribution in [3.63, 3.8) is 0 Å². The molecule has 0 aromatic heterocycles. The van der Waals surface area contributed by atoms with Gasteiger partial charge in [-0.25, -0.2) is 0 Å². The van der Waals surface area contributed by atoms with Gasteiger partial charge in [0.05, 0.1) is 19.8 Å². The zero-order valence-electron chi connectivity index (χ0n) is 30.8. The first-order valence-corrected chi connectivity index (χ1v) is 18.9. The zero-order valence-corrected chi connectivity index (χ0v) is 30.8. The van der Waals surface area contributed by atoms with E-state index in [2.05, 4.69) is 31.2 Å². The van der Waals surface area contributed by atoms with Crippen LogP contribution in [0.1, 0.15) is 104 Å². The van der Waals surface area contributed by atoms with E-state index in [0.29, 0.717) is 12.8 Å². The number of carbonyl (C=O) groups is 2. The third kappa shape index (κ3) is 17.0. The first-order valence-electron chi connectivity index (χ1n) is 18.9. The molecule has 0 radical (unpaired) electrons. The molecular formula is C37H64O15. The summed E-state index contributed by atoms with van der Waals surface area (Å²) < 4.78 is 33.0. The molecule has 2 rings (SSSR count). The molecule has 15 nitrogen and oxygen atoms in total. The Bertz CT molecular complexity index is 1020. The molecule has 2 aliphatic heterocycles. The lowest BCUT2D eigenvalue weighted by molar-refractivity contribution is -0.332. The third-order valence-corrected chi connectivity index (χ3v) is 8.91. The van der Waals surface area contributed by atoms with Crippen molar-refractivity contribution in [2.45, 2.75) is 171 Å². The van der Waals surface area contributed by atoms with E-state index in [1.807, 2.05) is 6.92 Å². The normalized spacial score (nSPS) is 30.2. The summed E-state index contributed by atoms with van der Waals surface area (Å²) in [5.41, 5.74) is 0. The van der Waals surface area contributed by atoms with E-state index in [9.17, 15) is 45.3 Å². The monoisotopic (exact) mass is 748 g/mol. The summed E-state index contributed by atoms with van der Waals surface area (Å²) >= 11 is 0. The van der Waals surface area contributed by atoms with E-state index < -0.39 is 92.7 Å². The van der Waals surface area contributed by atoms with E-state index >= 15 is 0 Å². The second kappa shape index (κ2) is 26.7. The molecule has 0 aromatic rings. The Morgan fingerprint density at radius 3 is 1.87 bits per heavy atom. The van der Waals surface area contributed by atoms with E-state index in [-0.39, 0.29) is 26.1 Å². The fourth-order valence-corrected chi connectivity index (χ4v) is 5.66. The van der Waals surface area contributed by atoms with Crippen molar-refractivity contribution >= 4 is 11.9 Å². The molecule has 2 aliphatic rings. The van der Waals surface area contributed by atoms with E-state index in [0.717, 1.165) is 64.2 Å². The lowest BCUT2D eigenvalue weighted by Crippen LogP contribution is -2.61. The van der Waals surface area contributed by atoms with Crippen LogP contribution in [-0.2, 0) is 38.0 Å². The van der Waals surface area contributed by atoms with Gasteiger partial charge in [0.25, 0.3) is 0 Å². The standard InChI is InChI=1S/C37H64O15/c1-3-5-7-8-9-10-11-12-13-14-15-16-18-20-29(40)50-25(22-47-28(39)19-17-6-4-2)23-48-36-35(46)33(44)31(42)27(52-36)24-49-37-34(45)32(43)30(41)26(21-38)51-37/h7-8,10-11,25-27,30-38,41-46H,3-6,9,12-24H2,1-2H3/b8-7-,11-10-. The lowest BCUT2D eigenvalue weighted by atomic mass is 9.98. The Kier molecular flexibility index (Phi) is 23.7. The molecule has 11 atom stereocenters. The van der Waals surface area contributed by atoms with Crippen LogP contribution in [0.5, 0.6) is 0 Å². The highest BCUT2D eigenvalue weighted by Gasteiger charge is 2.47. The van der Waals surface area contributed by atoms with Crippen LogP contribution in [0, 0.1) is 0 Å². The first-order chi connectivity index (χ1) is 25.0. The van der Waals surface area contributed by atoms with Crippen LogP contribution in [0.4, 0.5) is 0 Å². The van der Waals surface area contributed by atoms with Crippen LogP contribution in [0.15, 0.2) is 24.3 Å². The van der Waals surface area contributed by atoms with Gasteiger partial charge in [0.1, 0.15) is 55.4 Å². The van der Waals surface area contributed by atoms with Crippen LogP contribution < -0.4 is 0 Å². The zero-order chi connectivity index (χ0) is 38.3. The van der Waals surface area contributed by atoms with Crippen molar-refractivity contribution in [3.05, 3.63) is 24.3 Å². The number of allylic oxidation sites excluding steroid dienone is 4. The molecule has 52 heavy (non-hydrogen) atoms. The molecule has 0 bridgehead atoms. The van der Waals surface area contributed by atoms with E-state index in [1.165, 1.54) is 0 Å². The number of ether oxygens (including phenoxy) is 6. The van der Waals surface area contributed by atoms with Crippen molar-refractivity contribution < 1.29 is 73.8 Å². The molecule has 2 heterocycles. The minimum Gasteiger partial charge on any atom is -0.462 e. The highest BCUT2D eigenvalue weighted by Crippen LogP contribution is 2.26. The van der Waals surface area contributed by atoms with Gasteiger partial charge in [-0.3, -0.25) is 9.59 Å². The summed E-state index contributed by atoms with van der Waals surface area (Å²) in [5.74, 6) is -0.976. The van der Waals surface area contributed by atoms with Gasteiger partial charge in [-0.15, -0.1) is 0 Å². The average Bonchev–Trinajstić information content (AvgIpc) is 3.13. The summed E-state index contributed by atoms with van der Waals surface area (Å²) in [5, 5.41) is 71.3. The Morgan fingerprint density at radius 1 is 0.615 bits per heavy atom. The summed E-state index contributed by atoms with van der Waals surface area (Å²) in [6.07, 6.45) is 3.46. The highest BCUT2D eigenvalue weighted by molar-refractivity contribution is 5.70. The maximum atomic E-state index is 12.7. The van der Waals surface area contributed by atoms with Crippen LogP contribution in [0.2, 0.25) is 0 Å². The van der Waals surface area contributed by atoms with Gasteiger partial charge in [-0.1, -0.05) is 76.7 Å². The summed E-state index contributed by atoms with van der Waals surface area (Å²) in [7, 11) is 0. The van der Waals surface area contributed by atoms with Gasteiger partial charge in [0.15, 0.2) is 18.7 Å². The smallest absolute Gasteiger partial charge is 0.306 e. The van der Waals surface area contributed by atoms with Gasteiger partial charge in [-0.2, -0.15) is 0 Å². The molecule has 11 unspecified atom stereocenters. The largest absolute Gasteiger partial charge is 0.462 e. The van der Waals surface area contributed by atoms with Crippen molar-refractivity contribution in [1.29, 1.82) is 0 Å². The number of aliphatic hydroxyl groups is 7. The number of rotatable bonds is 26. The fourth-order valence-electron chi connectivity index (χ4n) is 5.66. The van der Waals surface area contributed by atoms with E-state index in [4.69, 9.17) is 28.4 Å². The van der Waals surface area contributed by atoms with E-state index in [1.54, 1.807) is 0 Å². The molecule has 15 heteroatoms. The van der Waals surface area contributed by atoms with Gasteiger partial charge >= 0.3 is 11.9 Å². The van der Waals surface area contributed by atoms with Gasteiger partial charge in [0, 0.05) is 12.8 Å². The summed E-state index contributed by atoms with van der Waals surface area (Å²) in [6, 6.07) is 0. The highest BCUT2D eigenvalue weighted by atomic mass is 16.7. The van der Waals surface area contributed by atoms with Gasteiger partial charge < -0.3 is 64.2 Å². The molecular weight excluding hydrogens is 684 g/mol. The third-order valence-electron chi connectivity index (χ3n) is 8.91. The summed E-state index contributed by atoms with van der Waals surface area (Å²) in [6.45, 7) is 2.26. The van der Waals surface area contributed by atoms with Crippen molar-refractivity contribution in [2.24, 2.45) is 0 Å². The maximum Gasteiger partial charge on any atom is 0.306 e. The molecule has 302 valence electrons. The van der Waals surface area contributed by atoms with Crippen LogP contribution >= 0.6 is 0 Å². The molecule has 0 spiro atoms. The van der Waals surface area contributed by atoms with Gasteiger partial charge in [0.2, 0.25) is 0 Å². The first kappa shape index (κ1) is 46.1. The molecule has 0 saturated carbocycles. The number of unbranched alkanes of at least 4 members (excludes halogenated alkanes) is 8. The molecule has 0 aliphatic carbocycles. The second-order valence-corrected chi connectivity index (χ2v) is 13.4. The SMILES string of the molecule is CCC/C=C\C/C=C\CCCCCCCC(=O)OC(COC(=O)CCCCC)COC1OC(COC2OC(CO)C(O)C(O)C2O)C(O)C(O)C1O. The molecule has 0 amide bonds.